The molecule has 1 aromatic heterocycles. The number of rotatable bonds is 7. The average Bonchev–Trinajstić information content (AvgIpc) is 3.45. The van der Waals surface area contributed by atoms with Crippen LogP contribution < -0.4 is 5.32 Å². The monoisotopic (exact) mass is 581 g/mol. The van der Waals surface area contributed by atoms with Crippen molar-refractivity contribution in [3.05, 3.63) is 104 Å². The van der Waals surface area contributed by atoms with Crippen molar-refractivity contribution >= 4 is 52.0 Å². The van der Waals surface area contributed by atoms with Gasteiger partial charge in [0, 0.05) is 52.1 Å². The van der Waals surface area contributed by atoms with Crippen molar-refractivity contribution < 1.29 is 14.0 Å². The minimum atomic E-state index is -0.400. The summed E-state index contributed by atoms with van der Waals surface area (Å²) < 4.78 is 14.0. The molecule has 1 N–H and O–H groups in total. The van der Waals surface area contributed by atoms with Gasteiger partial charge in [-0.05, 0) is 66.8 Å². The van der Waals surface area contributed by atoms with E-state index < -0.39 is 5.82 Å². The molecule has 3 aromatic carbocycles. The van der Waals surface area contributed by atoms with Gasteiger partial charge in [0.2, 0.25) is 5.91 Å². The number of halogens is 3. The smallest absolute Gasteiger partial charge is 0.275 e. The molecule has 0 radical (unpaired) electrons. The Hall–Kier alpha value is -3.26. The molecule has 5 rings (SSSR count). The highest BCUT2D eigenvalue weighted by Crippen LogP contribution is 2.33. The first-order valence-electron chi connectivity index (χ1n) is 12.7. The number of hydrogen-bond acceptors (Lipinski definition) is 4. The number of hydrogen-bond donors (Lipinski definition) is 1. The quantitative estimate of drug-likeness (QED) is 0.242. The molecule has 0 unspecified atom stereocenters. The van der Waals surface area contributed by atoms with E-state index in [2.05, 4.69) is 10.3 Å². The molecule has 2 heterocycles. The maximum absolute atomic E-state index is 14.0. The fourth-order valence-electron chi connectivity index (χ4n) is 4.74. The molecule has 0 bridgehead atoms. The number of piperidine rings is 1. The zero-order valence-electron chi connectivity index (χ0n) is 21.0. The lowest BCUT2D eigenvalue weighted by Gasteiger charge is -2.31. The van der Waals surface area contributed by atoms with Crippen molar-refractivity contribution in [2.24, 2.45) is 0 Å². The van der Waals surface area contributed by atoms with Crippen LogP contribution >= 0.6 is 34.5 Å². The summed E-state index contributed by atoms with van der Waals surface area (Å²) in [5, 5.41) is 6.78. The van der Waals surface area contributed by atoms with E-state index in [0.29, 0.717) is 52.9 Å². The first-order valence-corrected chi connectivity index (χ1v) is 14.3. The van der Waals surface area contributed by atoms with Crippen LogP contribution in [0.3, 0.4) is 0 Å². The lowest BCUT2D eigenvalue weighted by atomic mass is 9.97. The third kappa shape index (κ3) is 6.67. The molecule has 5 nitrogen and oxygen atoms in total. The first-order chi connectivity index (χ1) is 18.9. The number of benzene rings is 3. The summed E-state index contributed by atoms with van der Waals surface area (Å²) in [7, 11) is 0. The van der Waals surface area contributed by atoms with Gasteiger partial charge in [-0.2, -0.15) is 0 Å². The summed E-state index contributed by atoms with van der Waals surface area (Å²) in [6.45, 7) is 1.32. The van der Waals surface area contributed by atoms with Gasteiger partial charge in [0.1, 0.15) is 11.5 Å². The van der Waals surface area contributed by atoms with Crippen LogP contribution in [0.25, 0.3) is 11.1 Å². The summed E-state index contributed by atoms with van der Waals surface area (Å²) >= 11 is 13.7. The number of amides is 2. The second kappa shape index (κ2) is 12.3. The summed E-state index contributed by atoms with van der Waals surface area (Å²) in [4.78, 5) is 32.3. The number of likely N-dealkylation sites (tertiary alicyclic amines) is 1. The van der Waals surface area contributed by atoms with E-state index in [0.717, 1.165) is 29.0 Å². The maximum atomic E-state index is 14.0. The largest absolute Gasteiger partial charge is 0.343 e. The number of carbonyl (C=O) groups excluding carboxylic acids is 2. The molecule has 9 heteroatoms. The SMILES string of the molecule is O=C(Nc1ccc(F)cc1-c1ccc(Cl)cc1)c1csc(C2CCN(C(=O)CCc3ccccc3Cl)CC2)n1. The Labute approximate surface area is 240 Å². The molecule has 0 aliphatic carbocycles. The third-order valence-electron chi connectivity index (χ3n) is 6.90. The Balaban J connectivity index is 1.18. The molecule has 1 saturated heterocycles. The number of aryl methyl sites for hydroxylation is 1. The topological polar surface area (TPSA) is 62.3 Å². The Bertz CT molecular complexity index is 1480. The van der Waals surface area contributed by atoms with Crippen molar-refractivity contribution in [2.45, 2.75) is 31.6 Å². The highest BCUT2D eigenvalue weighted by atomic mass is 35.5. The second-order valence-electron chi connectivity index (χ2n) is 9.47. The summed E-state index contributed by atoms with van der Waals surface area (Å²) in [5.74, 6) is -0.433. The van der Waals surface area contributed by atoms with Crippen LogP contribution in [-0.4, -0.2) is 34.8 Å². The maximum Gasteiger partial charge on any atom is 0.275 e. The standard InChI is InChI=1S/C30H26Cl2FN3O2S/c31-22-8-5-19(6-9-22)24-17-23(33)10-11-26(24)34-29(38)27-18-39-30(35-27)21-13-15-36(16-14-21)28(37)12-7-20-3-1-2-4-25(20)32/h1-6,8-11,17-18,21H,7,12-16H2,(H,34,38). The van der Waals surface area contributed by atoms with Crippen molar-refractivity contribution in [1.82, 2.24) is 9.88 Å². The Morgan fingerprint density at radius 1 is 1.03 bits per heavy atom. The molecule has 0 atom stereocenters. The normalized spacial score (nSPS) is 13.9. The molecule has 1 fully saturated rings. The van der Waals surface area contributed by atoms with Crippen LogP contribution in [0.1, 0.15) is 46.2 Å². The number of thiazole rings is 1. The lowest BCUT2D eigenvalue weighted by Crippen LogP contribution is -2.38. The lowest BCUT2D eigenvalue weighted by molar-refractivity contribution is -0.132. The number of carbonyl (C=O) groups is 2. The predicted octanol–water partition coefficient (Wildman–Crippen LogP) is 7.85. The van der Waals surface area contributed by atoms with Crippen LogP contribution in [0.4, 0.5) is 10.1 Å². The average molecular weight is 583 g/mol. The van der Waals surface area contributed by atoms with Crippen LogP contribution in [0.15, 0.2) is 72.1 Å². The summed E-state index contributed by atoms with van der Waals surface area (Å²) in [5.41, 5.74) is 3.09. The van der Waals surface area contributed by atoms with Gasteiger partial charge in [-0.1, -0.05) is 53.5 Å². The number of nitrogens with zero attached hydrogens (tertiary/aromatic N) is 2. The van der Waals surface area contributed by atoms with Gasteiger partial charge in [0.15, 0.2) is 0 Å². The predicted molar refractivity (Wildman–Crippen MR) is 155 cm³/mol. The zero-order chi connectivity index (χ0) is 27.4. The molecular weight excluding hydrogens is 556 g/mol. The van der Waals surface area contributed by atoms with Crippen LogP contribution in [0.2, 0.25) is 10.0 Å². The highest BCUT2D eigenvalue weighted by Gasteiger charge is 2.26. The minimum Gasteiger partial charge on any atom is -0.343 e. The fraction of sp³-hybridized carbons (Fsp3) is 0.233. The number of nitrogens with one attached hydrogen (secondary N) is 1. The van der Waals surface area contributed by atoms with E-state index in [1.807, 2.05) is 29.2 Å². The van der Waals surface area contributed by atoms with Crippen molar-refractivity contribution in [3.8, 4) is 11.1 Å². The molecule has 200 valence electrons. The number of aromatic nitrogens is 1. The zero-order valence-corrected chi connectivity index (χ0v) is 23.3. The van der Waals surface area contributed by atoms with Crippen LogP contribution in [0.5, 0.6) is 0 Å². The van der Waals surface area contributed by atoms with Gasteiger partial charge in [-0.3, -0.25) is 9.59 Å². The summed E-state index contributed by atoms with van der Waals surface area (Å²) in [6.07, 6.45) is 2.64. The van der Waals surface area contributed by atoms with Crippen molar-refractivity contribution in [1.29, 1.82) is 0 Å². The second-order valence-corrected chi connectivity index (χ2v) is 11.2. The van der Waals surface area contributed by atoms with E-state index in [4.69, 9.17) is 23.2 Å². The molecule has 1 aliphatic heterocycles. The van der Waals surface area contributed by atoms with E-state index >= 15 is 0 Å². The van der Waals surface area contributed by atoms with Gasteiger partial charge < -0.3 is 10.2 Å². The van der Waals surface area contributed by atoms with Gasteiger partial charge in [-0.15, -0.1) is 11.3 Å². The van der Waals surface area contributed by atoms with E-state index in [1.165, 1.54) is 23.5 Å². The summed E-state index contributed by atoms with van der Waals surface area (Å²) in [6, 6.07) is 18.8. The molecule has 0 spiro atoms. The van der Waals surface area contributed by atoms with Crippen molar-refractivity contribution in [2.75, 3.05) is 18.4 Å². The molecule has 1 aliphatic rings. The van der Waals surface area contributed by atoms with E-state index in [9.17, 15) is 14.0 Å². The Morgan fingerprint density at radius 3 is 2.51 bits per heavy atom. The van der Waals surface area contributed by atoms with E-state index in [1.54, 1.807) is 35.7 Å². The molecular formula is C30H26Cl2FN3O2S. The Morgan fingerprint density at radius 2 is 1.77 bits per heavy atom. The molecule has 2 amide bonds. The third-order valence-corrected chi connectivity index (χ3v) is 8.53. The van der Waals surface area contributed by atoms with Gasteiger partial charge in [0.25, 0.3) is 5.91 Å². The first kappa shape index (κ1) is 27.3. The van der Waals surface area contributed by atoms with Gasteiger partial charge in [0.05, 0.1) is 5.01 Å². The van der Waals surface area contributed by atoms with Crippen LogP contribution in [0, 0.1) is 5.82 Å². The highest BCUT2D eigenvalue weighted by molar-refractivity contribution is 7.10. The molecule has 0 saturated carbocycles. The van der Waals surface area contributed by atoms with Gasteiger partial charge in [-0.25, -0.2) is 9.37 Å². The number of anilines is 1. The molecule has 39 heavy (non-hydrogen) atoms. The van der Waals surface area contributed by atoms with Crippen molar-refractivity contribution in [3.63, 3.8) is 0 Å². The van der Waals surface area contributed by atoms with E-state index in [-0.39, 0.29) is 17.7 Å². The van der Waals surface area contributed by atoms with Gasteiger partial charge >= 0.3 is 0 Å². The fourth-order valence-corrected chi connectivity index (χ4v) is 6.06. The Kier molecular flexibility index (Phi) is 8.60. The minimum absolute atomic E-state index is 0.128. The van der Waals surface area contributed by atoms with Crippen LogP contribution in [-0.2, 0) is 11.2 Å². The molecule has 4 aromatic rings.